The van der Waals surface area contributed by atoms with Gasteiger partial charge in [-0.2, -0.15) is 0 Å². The fourth-order valence-corrected chi connectivity index (χ4v) is 2.56. The number of nitrogens with one attached hydrogen (secondary N) is 2. The molecule has 0 saturated heterocycles. The first kappa shape index (κ1) is 14.4. The summed E-state index contributed by atoms with van der Waals surface area (Å²) >= 11 is 0. The molecular weight excluding hydrogens is 256 g/mol. The van der Waals surface area contributed by atoms with Crippen LogP contribution in [-0.4, -0.2) is 29.6 Å². The molecule has 20 heavy (non-hydrogen) atoms. The molecule has 0 aliphatic carbocycles. The number of carboxylic acids is 1. The Morgan fingerprint density at radius 3 is 2.90 bits per heavy atom. The number of fused-ring (bicyclic) bond motifs is 1. The molecule has 3 N–H and O–H groups in total. The van der Waals surface area contributed by atoms with E-state index < -0.39 is 12.0 Å². The summed E-state index contributed by atoms with van der Waals surface area (Å²) in [5.74, 6) is -1.05. The minimum absolute atomic E-state index is 0.113. The van der Waals surface area contributed by atoms with E-state index in [0.29, 0.717) is 12.8 Å². The van der Waals surface area contributed by atoms with Crippen molar-refractivity contribution in [3.63, 3.8) is 0 Å². The van der Waals surface area contributed by atoms with Crippen molar-refractivity contribution < 1.29 is 14.7 Å². The molecule has 2 unspecified atom stereocenters. The number of carbonyl (C=O) groups excluding carboxylic acids is 1. The van der Waals surface area contributed by atoms with E-state index in [1.807, 2.05) is 31.2 Å². The summed E-state index contributed by atoms with van der Waals surface area (Å²) in [6.45, 7) is 2.62. The molecule has 0 radical (unpaired) electrons. The summed E-state index contributed by atoms with van der Waals surface area (Å²) in [5, 5.41) is 14.9. The number of hydrogen-bond acceptors (Lipinski definition) is 3. The molecule has 1 aliphatic heterocycles. The zero-order chi connectivity index (χ0) is 14.5. The lowest BCUT2D eigenvalue weighted by molar-refractivity contribution is -0.142. The van der Waals surface area contributed by atoms with Crippen molar-refractivity contribution in [3.05, 3.63) is 29.8 Å². The average Bonchev–Trinajstić information content (AvgIpc) is 2.81. The molecule has 2 atom stereocenters. The van der Waals surface area contributed by atoms with Crippen LogP contribution < -0.4 is 10.6 Å². The summed E-state index contributed by atoms with van der Waals surface area (Å²) in [7, 11) is 0. The van der Waals surface area contributed by atoms with Gasteiger partial charge in [0.15, 0.2) is 0 Å². The Hall–Kier alpha value is -2.04. The Balaban J connectivity index is 1.94. The third kappa shape index (κ3) is 3.29. The molecule has 0 bridgehead atoms. The summed E-state index contributed by atoms with van der Waals surface area (Å²) in [4.78, 5) is 23.0. The van der Waals surface area contributed by atoms with Crippen molar-refractivity contribution >= 4 is 17.6 Å². The maximum atomic E-state index is 12.0. The third-order valence-corrected chi connectivity index (χ3v) is 3.58. The number of amides is 1. The van der Waals surface area contributed by atoms with Crippen LogP contribution >= 0.6 is 0 Å². The van der Waals surface area contributed by atoms with Crippen molar-refractivity contribution in [1.29, 1.82) is 0 Å². The van der Waals surface area contributed by atoms with E-state index in [1.54, 1.807) is 0 Å². The fraction of sp³-hybridized carbons (Fsp3) is 0.467. The summed E-state index contributed by atoms with van der Waals surface area (Å²) < 4.78 is 0. The van der Waals surface area contributed by atoms with Crippen molar-refractivity contribution in [3.8, 4) is 0 Å². The highest BCUT2D eigenvalue weighted by molar-refractivity contribution is 5.84. The number of rotatable bonds is 6. The van der Waals surface area contributed by atoms with E-state index in [4.69, 9.17) is 5.11 Å². The van der Waals surface area contributed by atoms with E-state index in [-0.39, 0.29) is 11.8 Å². The maximum Gasteiger partial charge on any atom is 0.326 e. The van der Waals surface area contributed by atoms with Crippen molar-refractivity contribution in [2.75, 3.05) is 11.9 Å². The predicted octanol–water partition coefficient (Wildman–Crippen LogP) is 1.96. The van der Waals surface area contributed by atoms with Crippen LogP contribution in [0.3, 0.4) is 0 Å². The molecular formula is C15H20N2O3. The largest absolute Gasteiger partial charge is 0.480 e. The second kappa shape index (κ2) is 6.41. The topological polar surface area (TPSA) is 78.4 Å². The van der Waals surface area contributed by atoms with Gasteiger partial charge in [-0.3, -0.25) is 4.79 Å². The standard InChI is InChI=1S/C15H20N2O3/c1-2-5-13(15(19)20)17-14(18)8-10-9-16-12-7-4-3-6-11(10)12/h3-4,6-7,10,13,16H,2,5,8-9H2,1H3,(H,17,18)(H,19,20). The minimum atomic E-state index is -0.967. The molecule has 1 amide bonds. The van der Waals surface area contributed by atoms with Gasteiger partial charge in [-0.25, -0.2) is 4.79 Å². The number of aliphatic carboxylic acids is 1. The van der Waals surface area contributed by atoms with E-state index in [2.05, 4.69) is 10.6 Å². The highest BCUT2D eigenvalue weighted by Gasteiger charge is 2.26. The number of hydrogen-bond donors (Lipinski definition) is 3. The van der Waals surface area contributed by atoms with Gasteiger partial charge in [0.1, 0.15) is 6.04 Å². The lowest BCUT2D eigenvalue weighted by Gasteiger charge is -2.15. The molecule has 5 nitrogen and oxygen atoms in total. The van der Waals surface area contributed by atoms with Gasteiger partial charge in [-0.05, 0) is 18.1 Å². The quantitative estimate of drug-likeness (QED) is 0.742. The van der Waals surface area contributed by atoms with E-state index >= 15 is 0 Å². The lowest BCUT2D eigenvalue weighted by atomic mass is 9.97. The number of carboxylic acid groups (broad SMARTS) is 1. The maximum absolute atomic E-state index is 12.0. The van der Waals surface area contributed by atoms with Crippen LogP contribution in [-0.2, 0) is 9.59 Å². The highest BCUT2D eigenvalue weighted by Crippen LogP contribution is 2.33. The van der Waals surface area contributed by atoms with Crippen LogP contribution in [0.4, 0.5) is 5.69 Å². The Morgan fingerprint density at radius 2 is 2.20 bits per heavy atom. The van der Waals surface area contributed by atoms with E-state index in [1.165, 1.54) is 0 Å². The molecule has 108 valence electrons. The molecule has 2 rings (SSSR count). The van der Waals surface area contributed by atoms with Crippen LogP contribution in [0.15, 0.2) is 24.3 Å². The highest BCUT2D eigenvalue weighted by atomic mass is 16.4. The number of carbonyl (C=O) groups is 2. The monoisotopic (exact) mass is 276 g/mol. The van der Waals surface area contributed by atoms with Gasteiger partial charge in [0.25, 0.3) is 0 Å². The Kier molecular flexibility index (Phi) is 4.61. The fourth-order valence-electron chi connectivity index (χ4n) is 2.56. The Morgan fingerprint density at radius 1 is 1.45 bits per heavy atom. The third-order valence-electron chi connectivity index (χ3n) is 3.58. The molecule has 1 aromatic carbocycles. The molecule has 0 fully saturated rings. The van der Waals surface area contributed by atoms with Gasteiger partial charge in [0, 0.05) is 24.6 Å². The zero-order valence-corrected chi connectivity index (χ0v) is 11.6. The van der Waals surface area contributed by atoms with Crippen LogP contribution in [0.2, 0.25) is 0 Å². The first-order chi connectivity index (χ1) is 9.61. The van der Waals surface area contributed by atoms with E-state index in [9.17, 15) is 9.59 Å². The first-order valence-electron chi connectivity index (χ1n) is 6.96. The average molecular weight is 276 g/mol. The zero-order valence-electron chi connectivity index (χ0n) is 11.6. The number of anilines is 1. The predicted molar refractivity (Wildman–Crippen MR) is 76.8 cm³/mol. The normalized spacial score (nSPS) is 17.9. The molecule has 1 aromatic rings. The van der Waals surface area contributed by atoms with Crippen LogP contribution in [0.25, 0.3) is 0 Å². The van der Waals surface area contributed by atoms with Crippen LogP contribution in [0.1, 0.15) is 37.7 Å². The van der Waals surface area contributed by atoms with Crippen LogP contribution in [0.5, 0.6) is 0 Å². The van der Waals surface area contributed by atoms with Crippen molar-refractivity contribution in [1.82, 2.24) is 5.32 Å². The molecule has 1 heterocycles. The smallest absolute Gasteiger partial charge is 0.326 e. The van der Waals surface area contributed by atoms with Gasteiger partial charge in [0.05, 0.1) is 0 Å². The molecule has 0 aromatic heterocycles. The van der Waals surface area contributed by atoms with Gasteiger partial charge in [0.2, 0.25) is 5.91 Å². The summed E-state index contributed by atoms with van der Waals surface area (Å²) in [6, 6.07) is 7.12. The summed E-state index contributed by atoms with van der Waals surface area (Å²) in [5.41, 5.74) is 2.19. The number of benzene rings is 1. The van der Waals surface area contributed by atoms with Gasteiger partial charge < -0.3 is 15.7 Å². The summed E-state index contributed by atoms with van der Waals surface area (Å²) in [6.07, 6.45) is 1.50. The SMILES string of the molecule is CCCC(NC(=O)CC1CNc2ccccc21)C(=O)O. The molecule has 0 saturated carbocycles. The Bertz CT molecular complexity index is 502. The van der Waals surface area contributed by atoms with E-state index in [0.717, 1.165) is 24.2 Å². The van der Waals surface area contributed by atoms with Gasteiger partial charge >= 0.3 is 5.97 Å². The van der Waals surface area contributed by atoms with Gasteiger partial charge in [-0.1, -0.05) is 31.5 Å². The van der Waals surface area contributed by atoms with Crippen LogP contribution in [0, 0.1) is 0 Å². The van der Waals surface area contributed by atoms with Crippen molar-refractivity contribution in [2.45, 2.75) is 38.1 Å². The van der Waals surface area contributed by atoms with Crippen molar-refractivity contribution in [2.24, 2.45) is 0 Å². The first-order valence-corrected chi connectivity index (χ1v) is 6.96. The second-order valence-corrected chi connectivity index (χ2v) is 5.12. The number of para-hydroxylation sites is 1. The molecule has 0 spiro atoms. The Labute approximate surface area is 118 Å². The second-order valence-electron chi connectivity index (χ2n) is 5.12. The minimum Gasteiger partial charge on any atom is -0.480 e. The van der Waals surface area contributed by atoms with Gasteiger partial charge in [-0.15, -0.1) is 0 Å². The lowest BCUT2D eigenvalue weighted by Crippen LogP contribution is -2.41. The molecule has 5 heteroatoms. The molecule has 1 aliphatic rings.